The van der Waals surface area contributed by atoms with Crippen molar-refractivity contribution in [2.24, 2.45) is 5.92 Å². The largest absolute Gasteiger partial charge is 0.379 e. The Morgan fingerprint density at radius 2 is 2.08 bits per heavy atom. The number of fused-ring (bicyclic) bond motifs is 1. The molecule has 2 heterocycles. The first-order chi connectivity index (χ1) is 12.7. The Bertz CT molecular complexity index is 811. The van der Waals surface area contributed by atoms with Crippen LogP contribution in [-0.4, -0.2) is 53.3 Å². The number of aromatic nitrogens is 2. The lowest BCUT2D eigenvalue weighted by atomic mass is 9.82. The Hall–Kier alpha value is -2.23. The van der Waals surface area contributed by atoms with E-state index in [9.17, 15) is 5.26 Å². The van der Waals surface area contributed by atoms with Crippen LogP contribution in [0.1, 0.15) is 31.7 Å². The first-order valence-electron chi connectivity index (χ1n) is 9.48. The molecule has 0 radical (unpaired) electrons. The Balaban J connectivity index is 1.48. The lowest BCUT2D eigenvalue weighted by molar-refractivity contribution is 0.00279. The average Bonchev–Trinajstić information content (AvgIpc) is 2.70. The Labute approximate surface area is 154 Å². The van der Waals surface area contributed by atoms with Crippen LogP contribution in [0.4, 0.5) is 5.82 Å². The fourth-order valence-electron chi connectivity index (χ4n) is 4.27. The van der Waals surface area contributed by atoms with Gasteiger partial charge in [0.15, 0.2) is 0 Å². The van der Waals surface area contributed by atoms with Gasteiger partial charge in [-0.2, -0.15) is 5.26 Å². The van der Waals surface area contributed by atoms with E-state index in [0.717, 1.165) is 49.4 Å². The zero-order valence-corrected chi connectivity index (χ0v) is 15.2. The minimum atomic E-state index is 0.399. The van der Waals surface area contributed by atoms with Gasteiger partial charge in [-0.1, -0.05) is 6.92 Å². The second-order valence-corrected chi connectivity index (χ2v) is 7.41. The van der Waals surface area contributed by atoms with E-state index in [0.29, 0.717) is 23.6 Å². The van der Waals surface area contributed by atoms with Crippen molar-refractivity contribution in [1.29, 1.82) is 5.26 Å². The number of ether oxygens (including phenoxy) is 1. The molecule has 1 aromatic carbocycles. The maximum Gasteiger partial charge on any atom is 0.137 e. The highest BCUT2D eigenvalue weighted by Crippen LogP contribution is 2.31. The van der Waals surface area contributed by atoms with Gasteiger partial charge in [-0.3, -0.25) is 4.90 Å². The Morgan fingerprint density at radius 1 is 1.23 bits per heavy atom. The van der Waals surface area contributed by atoms with Crippen LogP contribution >= 0.6 is 0 Å². The van der Waals surface area contributed by atoms with Gasteiger partial charge in [-0.15, -0.1) is 0 Å². The highest BCUT2D eigenvalue weighted by Gasteiger charge is 2.31. The maximum atomic E-state index is 9.18. The molecule has 2 fully saturated rings. The summed E-state index contributed by atoms with van der Waals surface area (Å²) >= 11 is 0. The third-order valence-electron chi connectivity index (χ3n) is 5.79. The second-order valence-electron chi connectivity index (χ2n) is 7.41. The molecular weight excluding hydrogens is 326 g/mol. The third-order valence-corrected chi connectivity index (χ3v) is 5.79. The Kier molecular flexibility index (Phi) is 5.00. The molecule has 3 atom stereocenters. The molecule has 1 N–H and O–H groups in total. The van der Waals surface area contributed by atoms with Gasteiger partial charge >= 0.3 is 0 Å². The molecule has 1 aliphatic heterocycles. The highest BCUT2D eigenvalue weighted by atomic mass is 16.5. The van der Waals surface area contributed by atoms with E-state index >= 15 is 0 Å². The van der Waals surface area contributed by atoms with Gasteiger partial charge in [0.1, 0.15) is 12.1 Å². The van der Waals surface area contributed by atoms with Gasteiger partial charge in [-0.05, 0) is 43.4 Å². The van der Waals surface area contributed by atoms with E-state index in [2.05, 4.69) is 33.2 Å². The molecule has 1 saturated heterocycles. The first kappa shape index (κ1) is 17.2. The van der Waals surface area contributed by atoms with E-state index in [-0.39, 0.29) is 0 Å². The van der Waals surface area contributed by atoms with Crippen LogP contribution in [0.2, 0.25) is 0 Å². The van der Waals surface area contributed by atoms with E-state index in [4.69, 9.17) is 4.74 Å². The normalized spacial score (nSPS) is 27.2. The summed E-state index contributed by atoms with van der Waals surface area (Å²) in [6, 6.07) is 8.83. The fraction of sp³-hybridized carbons (Fsp3) is 0.550. The molecule has 0 amide bonds. The van der Waals surface area contributed by atoms with Crippen molar-refractivity contribution in [2.75, 3.05) is 31.6 Å². The molecule has 1 saturated carbocycles. The van der Waals surface area contributed by atoms with Crippen LogP contribution in [-0.2, 0) is 4.74 Å². The van der Waals surface area contributed by atoms with Gasteiger partial charge in [0.05, 0.1) is 30.4 Å². The van der Waals surface area contributed by atoms with Crippen molar-refractivity contribution >= 4 is 16.7 Å². The number of hydrogen-bond donors (Lipinski definition) is 1. The SMILES string of the molecule is C[C@H]1C[C@@H](N2CCOCC2)CC[C@@H]1Nc1ncnc2ccc(C#N)cc12. The van der Waals surface area contributed by atoms with Crippen LogP contribution in [0.5, 0.6) is 0 Å². The van der Waals surface area contributed by atoms with Crippen molar-refractivity contribution in [3.8, 4) is 6.07 Å². The van der Waals surface area contributed by atoms with Crippen LogP contribution in [0.25, 0.3) is 10.9 Å². The summed E-state index contributed by atoms with van der Waals surface area (Å²) in [6.45, 7) is 6.17. The van der Waals surface area contributed by atoms with E-state index in [1.54, 1.807) is 12.4 Å². The van der Waals surface area contributed by atoms with Crippen molar-refractivity contribution in [1.82, 2.24) is 14.9 Å². The average molecular weight is 351 g/mol. The highest BCUT2D eigenvalue weighted by molar-refractivity contribution is 5.89. The smallest absolute Gasteiger partial charge is 0.137 e. The molecule has 2 aromatic rings. The summed E-state index contributed by atoms with van der Waals surface area (Å²) in [5.74, 6) is 1.41. The monoisotopic (exact) mass is 351 g/mol. The molecule has 136 valence electrons. The van der Waals surface area contributed by atoms with Crippen LogP contribution in [0.3, 0.4) is 0 Å². The summed E-state index contributed by atoms with van der Waals surface area (Å²) in [6.07, 6.45) is 5.13. The number of nitriles is 1. The summed E-state index contributed by atoms with van der Waals surface area (Å²) in [5, 5.41) is 13.7. The third kappa shape index (κ3) is 3.50. The molecule has 6 heteroatoms. The zero-order chi connectivity index (χ0) is 17.9. The number of morpholine rings is 1. The van der Waals surface area contributed by atoms with Crippen molar-refractivity contribution in [3.05, 3.63) is 30.1 Å². The van der Waals surface area contributed by atoms with Gasteiger partial charge in [0.25, 0.3) is 0 Å². The van der Waals surface area contributed by atoms with Crippen molar-refractivity contribution < 1.29 is 4.74 Å². The fourth-order valence-corrected chi connectivity index (χ4v) is 4.27. The standard InChI is InChI=1S/C20H25N5O/c1-14-10-16(25-6-8-26-9-7-25)3-5-18(14)24-20-17-11-15(12-21)2-4-19(17)22-13-23-20/h2,4,11,13-14,16,18H,3,5-10H2,1H3,(H,22,23,24)/t14-,16-,18-/m0/s1. The first-order valence-corrected chi connectivity index (χ1v) is 9.48. The topological polar surface area (TPSA) is 74.1 Å². The van der Waals surface area contributed by atoms with Crippen molar-refractivity contribution in [3.63, 3.8) is 0 Å². The second kappa shape index (κ2) is 7.56. The van der Waals surface area contributed by atoms with Crippen LogP contribution in [0, 0.1) is 17.2 Å². The van der Waals surface area contributed by atoms with Gasteiger partial charge in [0.2, 0.25) is 0 Å². The van der Waals surface area contributed by atoms with Gasteiger partial charge in [0, 0.05) is 30.6 Å². The molecule has 26 heavy (non-hydrogen) atoms. The molecule has 0 unspecified atom stereocenters. The van der Waals surface area contributed by atoms with E-state index in [1.165, 1.54) is 12.8 Å². The van der Waals surface area contributed by atoms with Crippen LogP contribution in [0.15, 0.2) is 24.5 Å². The summed E-state index contributed by atoms with van der Waals surface area (Å²) in [4.78, 5) is 11.4. The van der Waals surface area contributed by atoms with Crippen LogP contribution < -0.4 is 5.32 Å². The molecular formula is C20H25N5O. The molecule has 2 aliphatic rings. The summed E-state index contributed by atoms with van der Waals surface area (Å²) in [7, 11) is 0. The maximum absolute atomic E-state index is 9.18. The molecule has 0 bridgehead atoms. The number of anilines is 1. The molecule has 1 aromatic heterocycles. The van der Waals surface area contributed by atoms with Gasteiger partial charge < -0.3 is 10.1 Å². The predicted molar refractivity (Wildman–Crippen MR) is 101 cm³/mol. The quantitative estimate of drug-likeness (QED) is 0.917. The number of benzene rings is 1. The molecule has 1 aliphatic carbocycles. The summed E-state index contributed by atoms with van der Waals surface area (Å²) in [5.41, 5.74) is 1.51. The number of hydrogen-bond acceptors (Lipinski definition) is 6. The number of nitrogens with zero attached hydrogens (tertiary/aromatic N) is 4. The Morgan fingerprint density at radius 3 is 2.85 bits per heavy atom. The number of rotatable bonds is 3. The minimum Gasteiger partial charge on any atom is -0.379 e. The summed E-state index contributed by atoms with van der Waals surface area (Å²) < 4.78 is 5.49. The predicted octanol–water partition coefficient (Wildman–Crippen LogP) is 2.80. The lowest BCUT2D eigenvalue weighted by Gasteiger charge is -2.42. The van der Waals surface area contributed by atoms with Gasteiger partial charge in [-0.25, -0.2) is 9.97 Å². The zero-order valence-electron chi connectivity index (χ0n) is 15.2. The van der Waals surface area contributed by atoms with E-state index < -0.39 is 0 Å². The minimum absolute atomic E-state index is 0.399. The lowest BCUT2D eigenvalue weighted by Crippen LogP contribution is -2.48. The molecule has 4 rings (SSSR count). The number of nitrogens with one attached hydrogen (secondary N) is 1. The van der Waals surface area contributed by atoms with Crippen molar-refractivity contribution in [2.45, 2.75) is 38.3 Å². The molecule has 0 spiro atoms. The van der Waals surface area contributed by atoms with E-state index in [1.807, 2.05) is 12.1 Å². The molecule has 6 nitrogen and oxygen atoms in total.